The molecule has 0 spiro atoms. The van der Waals surface area contributed by atoms with Crippen LogP contribution in [-0.2, 0) is 24.4 Å². The molecule has 1 atom stereocenters. The molecule has 0 radical (unpaired) electrons. The molecule has 2 aromatic rings. The van der Waals surface area contributed by atoms with E-state index in [1.54, 1.807) is 24.8 Å². The second-order valence-electron chi connectivity index (χ2n) is 7.71. The summed E-state index contributed by atoms with van der Waals surface area (Å²) in [5.41, 5.74) is -0.589. The number of hydrogen-bond donors (Lipinski definition) is 1. The average molecular weight is 444 g/mol. The van der Waals surface area contributed by atoms with Crippen molar-refractivity contribution in [2.24, 2.45) is 13.0 Å². The molecule has 1 unspecified atom stereocenters. The van der Waals surface area contributed by atoms with Crippen LogP contribution in [0.25, 0.3) is 0 Å². The van der Waals surface area contributed by atoms with E-state index < -0.39 is 27.8 Å². The molecule has 1 aliphatic rings. The number of urea groups is 1. The van der Waals surface area contributed by atoms with E-state index in [0.717, 1.165) is 4.68 Å². The van der Waals surface area contributed by atoms with E-state index in [1.807, 2.05) is 0 Å². The number of alkyl halides is 3. The number of piperidine rings is 1. The molecular weight excluding hydrogens is 421 g/mol. The number of nitrogens with zero attached hydrogens (tertiary/aromatic N) is 5. The average Bonchev–Trinajstić information content (AvgIpc) is 3.10. The van der Waals surface area contributed by atoms with Crippen LogP contribution in [0.5, 0.6) is 0 Å². The summed E-state index contributed by atoms with van der Waals surface area (Å²) in [5, 5.41) is 13.5. The normalized spacial score (nSPS) is 17.1. The van der Waals surface area contributed by atoms with Crippen LogP contribution in [0.1, 0.15) is 32.4 Å². The van der Waals surface area contributed by atoms with Gasteiger partial charge in [0.25, 0.3) is 0 Å². The van der Waals surface area contributed by atoms with Crippen LogP contribution >= 0.6 is 0 Å². The van der Waals surface area contributed by atoms with Crippen molar-refractivity contribution in [3.05, 3.63) is 30.4 Å². The Kier molecular flexibility index (Phi) is 6.27. The molecular formula is C18H23F3N6O2S. The van der Waals surface area contributed by atoms with Crippen LogP contribution in [0.2, 0.25) is 0 Å². The maximum atomic E-state index is 13.3. The molecule has 30 heavy (non-hydrogen) atoms. The highest BCUT2D eigenvalue weighted by molar-refractivity contribution is 7.92. The number of likely N-dealkylation sites (tertiary alicyclic amines) is 1. The summed E-state index contributed by atoms with van der Waals surface area (Å²) in [5.74, 6) is -0.119. The van der Waals surface area contributed by atoms with Gasteiger partial charge in [0, 0.05) is 26.1 Å². The largest absolute Gasteiger partial charge is 0.611 e. The quantitative estimate of drug-likeness (QED) is 0.731. The second kappa shape index (κ2) is 8.42. The minimum atomic E-state index is -4.67. The zero-order valence-corrected chi connectivity index (χ0v) is 17.6. The van der Waals surface area contributed by atoms with Crippen molar-refractivity contribution in [1.29, 1.82) is 0 Å². The summed E-state index contributed by atoms with van der Waals surface area (Å²) in [4.78, 5) is 13.7. The van der Waals surface area contributed by atoms with Gasteiger partial charge in [0.1, 0.15) is 4.75 Å². The fraction of sp³-hybridized carbons (Fsp3) is 0.556. The lowest BCUT2D eigenvalue weighted by Crippen LogP contribution is -2.48. The van der Waals surface area contributed by atoms with Crippen molar-refractivity contribution < 1.29 is 22.5 Å². The number of carbonyl (C=O) groups excluding carboxylic acids is 1. The van der Waals surface area contributed by atoms with Crippen LogP contribution in [0.4, 0.5) is 23.7 Å². The smallest absolute Gasteiger partial charge is 0.440 e. The Morgan fingerprint density at radius 1 is 1.27 bits per heavy atom. The highest BCUT2D eigenvalue weighted by Crippen LogP contribution is 2.41. The third-order valence-electron chi connectivity index (χ3n) is 5.34. The maximum Gasteiger partial charge on any atom is 0.440 e. The first-order valence-corrected chi connectivity index (χ1v) is 10.5. The van der Waals surface area contributed by atoms with Crippen LogP contribution in [-0.4, -0.2) is 53.3 Å². The van der Waals surface area contributed by atoms with Crippen LogP contribution < -0.4 is 5.32 Å². The number of anilines is 1. The number of aromatic nitrogens is 4. The van der Waals surface area contributed by atoms with Crippen LogP contribution in [0, 0.1) is 5.92 Å². The fourth-order valence-corrected chi connectivity index (χ4v) is 5.26. The van der Waals surface area contributed by atoms with Gasteiger partial charge >= 0.3 is 12.2 Å². The molecule has 2 aromatic heterocycles. The number of aryl methyl sites for hydroxylation is 1. The Morgan fingerprint density at radius 3 is 2.50 bits per heavy atom. The summed E-state index contributed by atoms with van der Waals surface area (Å²) < 4.78 is 53.2. The number of rotatable bonds is 4. The van der Waals surface area contributed by atoms with Crippen molar-refractivity contribution in [3.8, 4) is 0 Å². The van der Waals surface area contributed by atoms with Crippen molar-refractivity contribution >= 4 is 22.9 Å². The molecule has 0 aromatic carbocycles. The lowest BCUT2D eigenvalue weighted by Gasteiger charge is -2.40. The zero-order valence-electron chi connectivity index (χ0n) is 16.8. The van der Waals surface area contributed by atoms with Gasteiger partial charge < -0.3 is 14.8 Å². The number of carbonyl (C=O) groups is 1. The molecule has 164 valence electrons. The van der Waals surface area contributed by atoms with E-state index in [9.17, 15) is 22.5 Å². The SMILES string of the molecule is Cn1cc([S+]([O-])C(C)(C)C2CCN(C(=O)Nc3ccnnc3)CC2)c(C(F)(F)F)n1. The van der Waals surface area contributed by atoms with Crippen molar-refractivity contribution in [2.45, 2.75) is 42.5 Å². The van der Waals surface area contributed by atoms with Gasteiger partial charge in [0.15, 0.2) is 0 Å². The predicted molar refractivity (Wildman–Crippen MR) is 104 cm³/mol. The van der Waals surface area contributed by atoms with Crippen LogP contribution in [0.15, 0.2) is 29.6 Å². The predicted octanol–water partition coefficient (Wildman–Crippen LogP) is 3.06. The highest BCUT2D eigenvalue weighted by atomic mass is 32.2. The Balaban J connectivity index is 1.66. The molecule has 0 aliphatic carbocycles. The number of halogens is 3. The molecule has 1 fully saturated rings. The fourth-order valence-electron chi connectivity index (χ4n) is 3.58. The van der Waals surface area contributed by atoms with Crippen molar-refractivity contribution in [3.63, 3.8) is 0 Å². The highest BCUT2D eigenvalue weighted by Gasteiger charge is 2.49. The lowest BCUT2D eigenvalue weighted by atomic mass is 9.86. The zero-order chi connectivity index (χ0) is 22.1. The van der Waals surface area contributed by atoms with Gasteiger partial charge in [-0.25, -0.2) is 4.79 Å². The number of amides is 2. The topological polar surface area (TPSA) is 99.0 Å². The first kappa shape index (κ1) is 22.3. The first-order chi connectivity index (χ1) is 14.0. The van der Waals surface area contributed by atoms with Crippen molar-refractivity contribution in [2.75, 3.05) is 18.4 Å². The van der Waals surface area contributed by atoms with Gasteiger partial charge in [-0.1, -0.05) is 0 Å². The van der Waals surface area contributed by atoms with E-state index in [0.29, 0.717) is 31.6 Å². The molecule has 12 heteroatoms. The Bertz CT molecular complexity index is 882. The summed E-state index contributed by atoms with van der Waals surface area (Å²) >= 11 is -1.92. The second-order valence-corrected chi connectivity index (χ2v) is 9.74. The molecule has 0 bridgehead atoms. The molecule has 1 saturated heterocycles. The molecule has 3 rings (SSSR count). The van der Waals surface area contributed by atoms with E-state index in [4.69, 9.17) is 0 Å². The van der Waals surface area contributed by atoms with Gasteiger partial charge in [-0.3, -0.25) is 4.68 Å². The van der Waals surface area contributed by atoms with Gasteiger partial charge in [-0.05, 0) is 43.9 Å². The standard InChI is InChI=1S/C18H23F3N6O2S/c1-17(2,30(29)14-11-26(3)25-15(14)18(19,20)21)12-5-8-27(9-6-12)16(28)24-13-4-7-22-23-10-13/h4,7,10-12H,5-6,8-9H2,1-3H3,(H,22,24,28). The summed E-state index contributed by atoms with van der Waals surface area (Å²) in [6, 6.07) is 1.34. The Labute approximate surface area is 175 Å². The molecule has 3 heterocycles. The van der Waals surface area contributed by atoms with E-state index >= 15 is 0 Å². The van der Waals surface area contributed by atoms with Crippen molar-refractivity contribution in [1.82, 2.24) is 24.9 Å². The minimum Gasteiger partial charge on any atom is -0.611 e. The van der Waals surface area contributed by atoms with E-state index in [1.165, 1.54) is 25.6 Å². The molecule has 0 saturated carbocycles. The first-order valence-electron chi connectivity index (χ1n) is 9.35. The number of nitrogens with one attached hydrogen (secondary N) is 1. The molecule has 1 aliphatic heterocycles. The molecule has 1 N–H and O–H groups in total. The summed E-state index contributed by atoms with van der Waals surface area (Å²) in [7, 11) is 1.37. The van der Waals surface area contributed by atoms with Gasteiger partial charge in [0.2, 0.25) is 10.6 Å². The minimum absolute atomic E-state index is 0.119. The Hall–Kier alpha value is -2.34. The van der Waals surface area contributed by atoms with Gasteiger partial charge in [-0.15, -0.1) is 0 Å². The third kappa shape index (κ3) is 4.69. The monoisotopic (exact) mass is 444 g/mol. The third-order valence-corrected chi connectivity index (χ3v) is 7.33. The summed E-state index contributed by atoms with van der Waals surface area (Å²) in [6.07, 6.45) is 0.457. The van der Waals surface area contributed by atoms with E-state index in [-0.39, 0.29) is 16.8 Å². The molecule has 8 nitrogen and oxygen atoms in total. The number of hydrogen-bond acceptors (Lipinski definition) is 5. The summed E-state index contributed by atoms with van der Waals surface area (Å²) in [6.45, 7) is 4.24. The van der Waals surface area contributed by atoms with Crippen LogP contribution in [0.3, 0.4) is 0 Å². The molecule has 2 amide bonds. The van der Waals surface area contributed by atoms with Gasteiger partial charge in [0.05, 0.1) is 24.3 Å². The lowest BCUT2D eigenvalue weighted by molar-refractivity contribution is -0.143. The van der Waals surface area contributed by atoms with Gasteiger partial charge in [-0.2, -0.15) is 28.5 Å². The Morgan fingerprint density at radius 2 is 1.93 bits per heavy atom. The van der Waals surface area contributed by atoms with E-state index in [2.05, 4.69) is 20.6 Å². The maximum absolute atomic E-state index is 13.3.